The minimum atomic E-state index is -0.365. The molecule has 1 N–H and O–H groups in total. The van der Waals surface area contributed by atoms with Gasteiger partial charge in [-0.3, -0.25) is 19.3 Å². The largest absolute Gasteiger partial charge is 0.348 e. The Balaban J connectivity index is 1.80. The van der Waals surface area contributed by atoms with Crippen molar-refractivity contribution in [3.05, 3.63) is 58.7 Å². The Bertz CT molecular complexity index is 960. The molecule has 0 saturated carbocycles. The molecule has 0 atom stereocenters. The number of benzene rings is 1. The van der Waals surface area contributed by atoms with Crippen molar-refractivity contribution in [2.75, 3.05) is 0 Å². The van der Waals surface area contributed by atoms with Gasteiger partial charge < -0.3 is 5.32 Å². The van der Waals surface area contributed by atoms with Gasteiger partial charge in [-0.05, 0) is 32.0 Å². The van der Waals surface area contributed by atoms with Gasteiger partial charge in [0.15, 0.2) is 0 Å². The molecular formula is C21H24N4O3. The Morgan fingerprint density at radius 2 is 1.82 bits per heavy atom. The third-order valence-electron chi connectivity index (χ3n) is 4.63. The lowest BCUT2D eigenvalue weighted by Crippen LogP contribution is -2.35. The molecule has 146 valence electrons. The molecule has 1 aliphatic rings. The smallest absolute Gasteiger partial charge is 0.261 e. The van der Waals surface area contributed by atoms with Crippen molar-refractivity contribution in [1.29, 1.82) is 0 Å². The zero-order valence-electron chi connectivity index (χ0n) is 16.7. The van der Waals surface area contributed by atoms with Crippen molar-refractivity contribution < 1.29 is 14.4 Å². The second kappa shape index (κ2) is 7.14. The number of aromatic nitrogens is 2. The maximum Gasteiger partial charge on any atom is 0.261 e. The first kappa shape index (κ1) is 19.7. The monoisotopic (exact) mass is 380 g/mol. The Labute approximate surface area is 164 Å². The van der Waals surface area contributed by atoms with E-state index in [2.05, 4.69) is 15.3 Å². The summed E-state index contributed by atoms with van der Waals surface area (Å²) in [6.45, 7) is 9.97. The van der Waals surface area contributed by atoms with Gasteiger partial charge in [-0.2, -0.15) is 0 Å². The van der Waals surface area contributed by atoms with Crippen LogP contribution in [-0.4, -0.2) is 38.6 Å². The molecule has 28 heavy (non-hydrogen) atoms. The number of rotatable bonds is 4. The zero-order chi connectivity index (χ0) is 20.6. The highest BCUT2D eigenvalue weighted by Crippen LogP contribution is 2.26. The second-order valence-electron chi connectivity index (χ2n) is 8.16. The lowest BCUT2D eigenvalue weighted by Gasteiger charge is -2.21. The quantitative estimate of drug-likeness (QED) is 0.824. The molecule has 2 aromatic rings. The summed E-state index contributed by atoms with van der Waals surface area (Å²) in [6, 6.07) is 4.35. The Morgan fingerprint density at radius 3 is 2.46 bits per heavy atom. The Kier molecular flexibility index (Phi) is 5.02. The number of nitrogens with zero attached hydrogens (tertiary/aromatic N) is 3. The molecule has 2 heterocycles. The van der Waals surface area contributed by atoms with Crippen LogP contribution in [0.2, 0.25) is 0 Å². The van der Waals surface area contributed by atoms with Gasteiger partial charge in [0.1, 0.15) is 6.33 Å². The van der Waals surface area contributed by atoms with E-state index in [4.69, 9.17) is 0 Å². The van der Waals surface area contributed by atoms with Crippen LogP contribution in [0.3, 0.4) is 0 Å². The first-order chi connectivity index (χ1) is 13.1. The van der Waals surface area contributed by atoms with Crippen LogP contribution in [0.25, 0.3) is 0 Å². The molecule has 3 rings (SSSR count). The molecule has 0 saturated heterocycles. The maximum absolute atomic E-state index is 12.6. The van der Waals surface area contributed by atoms with Gasteiger partial charge in [-0.1, -0.05) is 20.8 Å². The average Bonchev–Trinajstić information content (AvgIpc) is 2.89. The third-order valence-corrected chi connectivity index (χ3v) is 4.63. The molecule has 3 amide bonds. The van der Waals surface area contributed by atoms with E-state index in [0.717, 1.165) is 11.3 Å². The van der Waals surface area contributed by atoms with Gasteiger partial charge >= 0.3 is 0 Å². The van der Waals surface area contributed by atoms with Crippen molar-refractivity contribution in [2.45, 2.75) is 52.6 Å². The molecule has 7 heteroatoms. The fraction of sp³-hybridized carbons (Fsp3) is 0.381. The van der Waals surface area contributed by atoms with Gasteiger partial charge in [-0.25, -0.2) is 9.97 Å². The van der Waals surface area contributed by atoms with E-state index in [1.807, 2.05) is 20.8 Å². The van der Waals surface area contributed by atoms with Crippen LogP contribution in [0.5, 0.6) is 0 Å². The molecule has 0 aliphatic carbocycles. The number of carbonyl (C=O) groups is 3. The Morgan fingerprint density at radius 1 is 1.14 bits per heavy atom. The highest BCUT2D eigenvalue weighted by Gasteiger charge is 2.37. The molecule has 0 fully saturated rings. The topological polar surface area (TPSA) is 92.3 Å². The molecule has 7 nitrogen and oxygen atoms in total. The van der Waals surface area contributed by atoms with E-state index in [1.54, 1.807) is 32.2 Å². The second-order valence-corrected chi connectivity index (χ2v) is 8.16. The van der Waals surface area contributed by atoms with Crippen molar-refractivity contribution in [3.8, 4) is 0 Å². The molecule has 0 radical (unpaired) electrons. The molecular weight excluding hydrogens is 356 g/mol. The van der Waals surface area contributed by atoms with Crippen LogP contribution < -0.4 is 5.32 Å². The third kappa shape index (κ3) is 3.52. The number of hydrogen-bond donors (Lipinski definition) is 1. The van der Waals surface area contributed by atoms with E-state index in [-0.39, 0.29) is 41.3 Å². The van der Waals surface area contributed by atoms with Crippen molar-refractivity contribution >= 4 is 17.7 Å². The minimum Gasteiger partial charge on any atom is -0.348 e. The van der Waals surface area contributed by atoms with Crippen LogP contribution in [0.4, 0.5) is 0 Å². The summed E-state index contributed by atoms with van der Waals surface area (Å²) in [5, 5.41) is 2.85. The lowest BCUT2D eigenvalue weighted by atomic mass is 9.89. The number of nitrogens with one attached hydrogen (secondary N) is 1. The molecule has 0 spiro atoms. The summed E-state index contributed by atoms with van der Waals surface area (Å²) in [5.41, 5.74) is 2.46. The number of amides is 3. The SMILES string of the molecule is CC(C)N1C(=O)c2ccc(C(=O)NCc3cncnc3C(C)(C)C)cc2C1=O. The number of hydrogen-bond acceptors (Lipinski definition) is 5. The lowest BCUT2D eigenvalue weighted by molar-refractivity contribution is 0.0609. The van der Waals surface area contributed by atoms with E-state index >= 15 is 0 Å². The standard InChI is InChI=1S/C21H24N4O3/c1-12(2)25-19(27)15-7-6-13(8-16(15)20(25)28)18(26)23-10-14-9-22-11-24-17(14)21(3,4)5/h6-9,11-12H,10H2,1-5H3,(H,23,26). The molecule has 1 aromatic carbocycles. The highest BCUT2D eigenvalue weighted by molar-refractivity contribution is 6.22. The van der Waals surface area contributed by atoms with Crippen LogP contribution in [-0.2, 0) is 12.0 Å². The van der Waals surface area contributed by atoms with Crippen LogP contribution in [0, 0.1) is 0 Å². The van der Waals surface area contributed by atoms with Crippen molar-refractivity contribution in [3.63, 3.8) is 0 Å². The number of imide groups is 1. The summed E-state index contributed by atoms with van der Waals surface area (Å²) in [7, 11) is 0. The zero-order valence-corrected chi connectivity index (χ0v) is 16.7. The van der Waals surface area contributed by atoms with Gasteiger partial charge in [-0.15, -0.1) is 0 Å². The number of fused-ring (bicyclic) bond motifs is 1. The van der Waals surface area contributed by atoms with Crippen molar-refractivity contribution in [2.24, 2.45) is 0 Å². The summed E-state index contributed by atoms with van der Waals surface area (Å²) in [6.07, 6.45) is 3.19. The van der Waals surface area contributed by atoms with Crippen molar-refractivity contribution in [1.82, 2.24) is 20.2 Å². The van der Waals surface area contributed by atoms with Gasteiger partial charge in [0.25, 0.3) is 17.7 Å². The molecule has 0 unspecified atom stereocenters. The van der Waals surface area contributed by atoms with Crippen LogP contribution in [0.1, 0.15) is 77.0 Å². The summed E-state index contributed by atoms with van der Waals surface area (Å²) in [4.78, 5) is 47.1. The fourth-order valence-corrected chi connectivity index (χ4v) is 3.31. The van der Waals surface area contributed by atoms with E-state index in [9.17, 15) is 14.4 Å². The fourth-order valence-electron chi connectivity index (χ4n) is 3.31. The summed E-state index contributed by atoms with van der Waals surface area (Å²) in [5.74, 6) is -1.01. The maximum atomic E-state index is 12.6. The average molecular weight is 380 g/mol. The molecule has 1 aromatic heterocycles. The predicted molar refractivity (Wildman–Crippen MR) is 104 cm³/mol. The number of carbonyl (C=O) groups excluding carboxylic acids is 3. The highest BCUT2D eigenvalue weighted by atomic mass is 16.2. The summed E-state index contributed by atoms with van der Waals surface area (Å²) < 4.78 is 0. The normalized spacial score (nSPS) is 13.9. The molecule has 0 bridgehead atoms. The van der Waals surface area contributed by atoms with Crippen LogP contribution in [0.15, 0.2) is 30.7 Å². The first-order valence-electron chi connectivity index (χ1n) is 9.20. The Hall–Kier alpha value is -3.09. The van der Waals surface area contributed by atoms with Gasteiger partial charge in [0.2, 0.25) is 0 Å². The van der Waals surface area contributed by atoms with Gasteiger partial charge in [0, 0.05) is 35.3 Å². The summed E-state index contributed by atoms with van der Waals surface area (Å²) >= 11 is 0. The van der Waals surface area contributed by atoms with E-state index in [0.29, 0.717) is 11.1 Å². The predicted octanol–water partition coefficient (Wildman–Crippen LogP) is 2.71. The minimum absolute atomic E-state index is 0.177. The van der Waals surface area contributed by atoms with E-state index in [1.165, 1.54) is 17.3 Å². The van der Waals surface area contributed by atoms with Crippen LogP contribution >= 0.6 is 0 Å². The van der Waals surface area contributed by atoms with Gasteiger partial charge in [0.05, 0.1) is 16.8 Å². The molecule has 1 aliphatic heterocycles. The van der Waals surface area contributed by atoms with E-state index < -0.39 is 0 Å². The first-order valence-corrected chi connectivity index (χ1v) is 9.20.